The zero-order chi connectivity index (χ0) is 17.5. The van der Waals surface area contributed by atoms with E-state index in [4.69, 9.17) is 4.74 Å². The molecule has 1 unspecified atom stereocenters. The highest BCUT2D eigenvalue weighted by molar-refractivity contribution is 5.93. The molecule has 0 spiro atoms. The van der Waals surface area contributed by atoms with Crippen molar-refractivity contribution in [3.8, 4) is 5.75 Å². The summed E-state index contributed by atoms with van der Waals surface area (Å²) in [5.74, 6) is 1.09. The molecule has 0 bridgehead atoms. The molecule has 0 aliphatic rings. The quantitative estimate of drug-likeness (QED) is 0.813. The molecule has 0 fully saturated rings. The molecule has 1 aromatic carbocycles. The van der Waals surface area contributed by atoms with Crippen LogP contribution in [0.15, 0.2) is 36.7 Å². The second-order valence-electron chi connectivity index (χ2n) is 5.89. The van der Waals surface area contributed by atoms with Crippen LogP contribution in [0.3, 0.4) is 0 Å². The molecule has 2 rings (SSSR count). The Hall–Kier alpha value is -2.63. The summed E-state index contributed by atoms with van der Waals surface area (Å²) in [7, 11) is 0. The summed E-state index contributed by atoms with van der Waals surface area (Å²) in [6, 6.07) is 7.68. The molecular weight excluding hydrogens is 304 g/mol. The van der Waals surface area contributed by atoms with Gasteiger partial charge in [0.25, 0.3) is 5.91 Å². The molecule has 2 aromatic rings. The van der Waals surface area contributed by atoms with Gasteiger partial charge in [0.1, 0.15) is 5.75 Å². The van der Waals surface area contributed by atoms with Gasteiger partial charge in [-0.05, 0) is 51.5 Å². The average molecular weight is 328 g/mol. The first kappa shape index (κ1) is 17.7. The zero-order valence-electron chi connectivity index (χ0n) is 14.5. The number of hydrogen-bond donors (Lipinski definition) is 2. The Kier molecular flexibility index (Phi) is 6.12. The van der Waals surface area contributed by atoms with Gasteiger partial charge in [-0.15, -0.1) is 0 Å². The Labute approximate surface area is 142 Å². The second-order valence-corrected chi connectivity index (χ2v) is 5.89. The Morgan fingerprint density at radius 2 is 1.75 bits per heavy atom. The summed E-state index contributed by atoms with van der Waals surface area (Å²) in [4.78, 5) is 20.4. The van der Waals surface area contributed by atoms with Gasteiger partial charge >= 0.3 is 0 Å². The predicted molar refractivity (Wildman–Crippen MR) is 94.7 cm³/mol. The third-order valence-corrected chi connectivity index (χ3v) is 3.39. The Balaban J connectivity index is 1.97. The van der Waals surface area contributed by atoms with Gasteiger partial charge in [0.2, 0.25) is 5.95 Å². The Bertz CT molecular complexity index is 654. The summed E-state index contributed by atoms with van der Waals surface area (Å²) in [5.41, 5.74) is 1.30. The van der Waals surface area contributed by atoms with Gasteiger partial charge in [-0.25, -0.2) is 9.97 Å². The monoisotopic (exact) mass is 328 g/mol. The number of amides is 1. The third kappa shape index (κ3) is 5.22. The van der Waals surface area contributed by atoms with Gasteiger partial charge in [0.05, 0.1) is 11.7 Å². The van der Waals surface area contributed by atoms with Crippen molar-refractivity contribution in [3.63, 3.8) is 0 Å². The Morgan fingerprint density at radius 1 is 1.12 bits per heavy atom. The standard InChI is InChI=1S/C18H24N4O2/c1-5-13(4)21-17(23)14-10-19-18(20-11-14)22-15-6-8-16(9-7-15)24-12(2)3/h6-13H,5H2,1-4H3,(H,21,23)(H,19,20,22). The fraction of sp³-hybridized carbons (Fsp3) is 0.389. The van der Waals surface area contributed by atoms with E-state index in [0.717, 1.165) is 17.9 Å². The molecule has 128 valence electrons. The molecule has 0 aliphatic carbocycles. The van der Waals surface area contributed by atoms with Crippen LogP contribution < -0.4 is 15.4 Å². The van der Waals surface area contributed by atoms with E-state index < -0.39 is 0 Å². The van der Waals surface area contributed by atoms with Crippen LogP contribution in [0, 0.1) is 0 Å². The zero-order valence-corrected chi connectivity index (χ0v) is 14.5. The van der Waals surface area contributed by atoms with Crippen molar-refractivity contribution in [2.24, 2.45) is 0 Å². The highest BCUT2D eigenvalue weighted by Crippen LogP contribution is 2.19. The molecule has 6 heteroatoms. The summed E-state index contributed by atoms with van der Waals surface area (Å²) >= 11 is 0. The van der Waals surface area contributed by atoms with Crippen molar-refractivity contribution >= 4 is 17.5 Å². The maximum absolute atomic E-state index is 12.0. The summed E-state index contributed by atoms with van der Waals surface area (Å²) in [6.45, 7) is 7.95. The normalized spacial score (nSPS) is 11.9. The number of aromatic nitrogens is 2. The number of carbonyl (C=O) groups excluding carboxylic acids is 1. The van der Waals surface area contributed by atoms with Crippen LogP contribution in [0.25, 0.3) is 0 Å². The minimum atomic E-state index is -0.161. The van der Waals surface area contributed by atoms with Crippen molar-refractivity contribution in [2.75, 3.05) is 5.32 Å². The summed E-state index contributed by atoms with van der Waals surface area (Å²) in [5, 5.41) is 5.98. The number of nitrogens with zero attached hydrogens (tertiary/aromatic N) is 2. The number of anilines is 2. The van der Waals surface area contributed by atoms with Crippen molar-refractivity contribution in [3.05, 3.63) is 42.2 Å². The molecule has 1 atom stereocenters. The number of benzene rings is 1. The fourth-order valence-electron chi connectivity index (χ4n) is 1.94. The van der Waals surface area contributed by atoms with Crippen molar-refractivity contribution in [1.82, 2.24) is 15.3 Å². The third-order valence-electron chi connectivity index (χ3n) is 3.39. The maximum atomic E-state index is 12.0. The molecule has 1 heterocycles. The van der Waals surface area contributed by atoms with Crippen LogP contribution in [-0.2, 0) is 0 Å². The maximum Gasteiger partial charge on any atom is 0.254 e. The van der Waals surface area contributed by atoms with Crippen LogP contribution in [0.4, 0.5) is 11.6 Å². The Morgan fingerprint density at radius 3 is 2.29 bits per heavy atom. The van der Waals surface area contributed by atoms with E-state index in [9.17, 15) is 4.79 Å². The SMILES string of the molecule is CCC(C)NC(=O)c1cnc(Nc2ccc(OC(C)C)cc2)nc1. The number of rotatable bonds is 7. The lowest BCUT2D eigenvalue weighted by atomic mass is 10.2. The molecule has 0 saturated heterocycles. The summed E-state index contributed by atoms with van der Waals surface area (Å²) in [6.07, 6.45) is 4.05. The van der Waals surface area contributed by atoms with Crippen molar-refractivity contribution in [2.45, 2.75) is 46.3 Å². The highest BCUT2D eigenvalue weighted by atomic mass is 16.5. The molecule has 0 aliphatic heterocycles. The van der Waals surface area contributed by atoms with Crippen LogP contribution >= 0.6 is 0 Å². The largest absolute Gasteiger partial charge is 0.491 e. The molecule has 1 amide bonds. The van der Waals surface area contributed by atoms with Crippen LogP contribution in [0.1, 0.15) is 44.5 Å². The van der Waals surface area contributed by atoms with E-state index in [0.29, 0.717) is 11.5 Å². The molecule has 6 nitrogen and oxygen atoms in total. The number of hydrogen-bond acceptors (Lipinski definition) is 5. The van der Waals surface area contributed by atoms with Gasteiger partial charge in [-0.1, -0.05) is 6.92 Å². The van der Waals surface area contributed by atoms with Gasteiger partial charge in [0.15, 0.2) is 0 Å². The van der Waals surface area contributed by atoms with E-state index in [1.165, 1.54) is 12.4 Å². The van der Waals surface area contributed by atoms with Crippen LogP contribution in [-0.4, -0.2) is 28.0 Å². The molecule has 1 aromatic heterocycles. The molecule has 2 N–H and O–H groups in total. The van der Waals surface area contributed by atoms with Crippen LogP contribution in [0.5, 0.6) is 5.75 Å². The lowest BCUT2D eigenvalue weighted by molar-refractivity contribution is 0.0938. The van der Waals surface area contributed by atoms with E-state index in [1.807, 2.05) is 52.0 Å². The van der Waals surface area contributed by atoms with Crippen molar-refractivity contribution < 1.29 is 9.53 Å². The van der Waals surface area contributed by atoms with E-state index in [1.54, 1.807) is 0 Å². The first-order valence-corrected chi connectivity index (χ1v) is 8.14. The first-order chi connectivity index (χ1) is 11.5. The minimum absolute atomic E-state index is 0.127. The smallest absolute Gasteiger partial charge is 0.254 e. The van der Waals surface area contributed by atoms with Crippen LogP contribution in [0.2, 0.25) is 0 Å². The van der Waals surface area contributed by atoms with E-state index >= 15 is 0 Å². The van der Waals surface area contributed by atoms with E-state index in [-0.39, 0.29) is 18.1 Å². The number of carbonyl (C=O) groups is 1. The average Bonchev–Trinajstić information content (AvgIpc) is 2.56. The molecule has 24 heavy (non-hydrogen) atoms. The van der Waals surface area contributed by atoms with Gasteiger partial charge in [-0.2, -0.15) is 0 Å². The van der Waals surface area contributed by atoms with Gasteiger partial charge in [-0.3, -0.25) is 4.79 Å². The van der Waals surface area contributed by atoms with Gasteiger partial charge in [0, 0.05) is 24.1 Å². The number of ether oxygens (including phenoxy) is 1. The molecule has 0 radical (unpaired) electrons. The fourth-order valence-corrected chi connectivity index (χ4v) is 1.94. The first-order valence-electron chi connectivity index (χ1n) is 8.14. The minimum Gasteiger partial charge on any atom is -0.491 e. The molecule has 0 saturated carbocycles. The van der Waals surface area contributed by atoms with Crippen molar-refractivity contribution in [1.29, 1.82) is 0 Å². The van der Waals surface area contributed by atoms with E-state index in [2.05, 4.69) is 20.6 Å². The van der Waals surface area contributed by atoms with Gasteiger partial charge < -0.3 is 15.4 Å². The molecular formula is C18H24N4O2. The topological polar surface area (TPSA) is 76.1 Å². The summed E-state index contributed by atoms with van der Waals surface area (Å²) < 4.78 is 5.60. The lowest BCUT2D eigenvalue weighted by Gasteiger charge is -2.12. The lowest BCUT2D eigenvalue weighted by Crippen LogP contribution is -2.32. The second kappa shape index (κ2) is 8.29. The predicted octanol–water partition coefficient (Wildman–Crippen LogP) is 3.54. The highest BCUT2D eigenvalue weighted by Gasteiger charge is 2.09. The number of nitrogens with one attached hydrogen (secondary N) is 2.